The van der Waals surface area contributed by atoms with E-state index in [9.17, 15) is 4.79 Å². The second kappa shape index (κ2) is 10.7. The van der Waals surface area contributed by atoms with Gasteiger partial charge in [0, 0.05) is 17.8 Å². The van der Waals surface area contributed by atoms with Gasteiger partial charge in [-0.25, -0.2) is 0 Å². The summed E-state index contributed by atoms with van der Waals surface area (Å²) in [5.74, 6) is 1.50. The first-order chi connectivity index (χ1) is 16.0. The molecule has 0 radical (unpaired) electrons. The largest absolute Gasteiger partial charge is 0.497 e. The van der Waals surface area contributed by atoms with Crippen molar-refractivity contribution in [1.29, 1.82) is 0 Å². The van der Waals surface area contributed by atoms with Crippen LogP contribution in [0.4, 0.5) is 5.69 Å². The minimum Gasteiger partial charge on any atom is -0.497 e. The van der Waals surface area contributed by atoms with Crippen LogP contribution in [0.25, 0.3) is 5.69 Å². The van der Waals surface area contributed by atoms with Gasteiger partial charge in [-0.2, -0.15) is 0 Å². The van der Waals surface area contributed by atoms with Gasteiger partial charge in [-0.3, -0.25) is 9.36 Å². The summed E-state index contributed by atoms with van der Waals surface area (Å²) in [4.78, 5) is 12.5. The van der Waals surface area contributed by atoms with Crippen molar-refractivity contribution in [3.63, 3.8) is 0 Å². The van der Waals surface area contributed by atoms with Gasteiger partial charge in [0.25, 0.3) is 0 Å². The molecule has 4 rings (SSSR count). The average Bonchev–Trinajstić information content (AvgIpc) is 3.23. The number of anilines is 1. The van der Waals surface area contributed by atoms with Crippen LogP contribution in [0.3, 0.4) is 0 Å². The first kappa shape index (κ1) is 23.2. The fourth-order valence-corrected chi connectivity index (χ4v) is 4.25. The Morgan fingerprint density at radius 3 is 2.45 bits per heavy atom. The topological polar surface area (TPSA) is 69.0 Å². The van der Waals surface area contributed by atoms with Gasteiger partial charge in [0.15, 0.2) is 5.16 Å². The zero-order valence-corrected chi connectivity index (χ0v) is 20.0. The number of nitrogens with one attached hydrogen (secondary N) is 1. The molecule has 0 saturated carbocycles. The first-order valence-electron chi connectivity index (χ1n) is 10.0. The van der Waals surface area contributed by atoms with E-state index >= 15 is 0 Å². The van der Waals surface area contributed by atoms with Crippen molar-refractivity contribution in [3.8, 4) is 11.4 Å². The van der Waals surface area contributed by atoms with E-state index in [1.165, 1.54) is 11.8 Å². The van der Waals surface area contributed by atoms with Crippen LogP contribution in [0.2, 0.25) is 10.0 Å². The fraction of sp³-hybridized carbons (Fsp3) is 0.125. The number of ether oxygens (including phenoxy) is 1. The number of carbonyl (C=O) groups is 1. The maximum atomic E-state index is 12.5. The molecule has 0 spiro atoms. The van der Waals surface area contributed by atoms with Crippen LogP contribution in [0.5, 0.6) is 5.75 Å². The van der Waals surface area contributed by atoms with Crippen LogP contribution in [0.1, 0.15) is 11.4 Å². The van der Waals surface area contributed by atoms with Gasteiger partial charge in [-0.05, 0) is 48.0 Å². The van der Waals surface area contributed by atoms with E-state index in [1.54, 1.807) is 25.3 Å². The van der Waals surface area contributed by atoms with Crippen LogP contribution in [-0.4, -0.2) is 33.5 Å². The number of thioether (sulfide) groups is 1. The van der Waals surface area contributed by atoms with E-state index < -0.39 is 0 Å². The predicted octanol–water partition coefficient (Wildman–Crippen LogP) is 5.90. The van der Waals surface area contributed by atoms with Crippen molar-refractivity contribution in [3.05, 3.63) is 94.2 Å². The number of carbonyl (C=O) groups excluding carboxylic acids is 1. The highest BCUT2D eigenvalue weighted by atomic mass is 35.5. The smallest absolute Gasteiger partial charge is 0.234 e. The van der Waals surface area contributed by atoms with Crippen molar-refractivity contribution >= 4 is 46.6 Å². The predicted molar refractivity (Wildman–Crippen MR) is 133 cm³/mol. The lowest BCUT2D eigenvalue weighted by atomic mass is 10.1. The molecule has 0 bridgehead atoms. The molecule has 1 heterocycles. The molecule has 0 fully saturated rings. The molecule has 0 aliphatic carbocycles. The molecule has 1 N–H and O–H groups in total. The molecule has 4 aromatic rings. The van der Waals surface area contributed by atoms with Gasteiger partial charge in [0.05, 0.1) is 22.9 Å². The summed E-state index contributed by atoms with van der Waals surface area (Å²) in [7, 11) is 1.63. The highest BCUT2D eigenvalue weighted by molar-refractivity contribution is 7.99. The summed E-state index contributed by atoms with van der Waals surface area (Å²) in [6, 6.07) is 22.7. The number of hydrogen-bond acceptors (Lipinski definition) is 5. The van der Waals surface area contributed by atoms with Crippen LogP contribution in [0.15, 0.2) is 78.0 Å². The van der Waals surface area contributed by atoms with E-state index in [-0.39, 0.29) is 11.7 Å². The third-order valence-corrected chi connectivity index (χ3v) is 6.44. The summed E-state index contributed by atoms with van der Waals surface area (Å²) in [5.41, 5.74) is 2.59. The Kier molecular flexibility index (Phi) is 7.54. The van der Waals surface area contributed by atoms with Crippen LogP contribution in [-0.2, 0) is 11.2 Å². The Bertz CT molecular complexity index is 1250. The summed E-state index contributed by atoms with van der Waals surface area (Å²) in [6.07, 6.45) is 0.607. The number of methoxy groups -OCH3 is 1. The minimum atomic E-state index is -0.188. The Balaban J connectivity index is 1.55. The lowest BCUT2D eigenvalue weighted by Gasteiger charge is -2.11. The van der Waals surface area contributed by atoms with Crippen molar-refractivity contribution in [2.75, 3.05) is 18.2 Å². The third-order valence-electron chi connectivity index (χ3n) is 4.77. The molecular formula is C24H20Cl2N4O2S. The van der Waals surface area contributed by atoms with Crippen LogP contribution < -0.4 is 10.1 Å². The molecule has 6 nitrogen and oxygen atoms in total. The zero-order valence-electron chi connectivity index (χ0n) is 17.7. The second-order valence-corrected chi connectivity index (χ2v) is 8.82. The van der Waals surface area contributed by atoms with E-state index in [2.05, 4.69) is 15.5 Å². The molecule has 1 amide bonds. The van der Waals surface area contributed by atoms with Crippen LogP contribution >= 0.6 is 35.0 Å². The summed E-state index contributed by atoms with van der Waals surface area (Å²) in [5, 5.41) is 13.0. The molecule has 0 atom stereocenters. The Labute approximate surface area is 205 Å². The maximum absolute atomic E-state index is 12.5. The molecule has 33 heavy (non-hydrogen) atoms. The Morgan fingerprint density at radius 2 is 1.76 bits per heavy atom. The molecule has 168 valence electrons. The van der Waals surface area contributed by atoms with Crippen molar-refractivity contribution < 1.29 is 9.53 Å². The highest BCUT2D eigenvalue weighted by Crippen LogP contribution is 2.27. The van der Waals surface area contributed by atoms with Gasteiger partial charge in [0.1, 0.15) is 11.6 Å². The fourth-order valence-electron chi connectivity index (χ4n) is 3.18. The first-order valence-corrected chi connectivity index (χ1v) is 11.8. The quantitative estimate of drug-likeness (QED) is 0.306. The Hall–Kier alpha value is -3.00. The number of halogens is 2. The number of hydrogen-bond donors (Lipinski definition) is 1. The van der Waals surface area contributed by atoms with Crippen molar-refractivity contribution in [2.24, 2.45) is 0 Å². The van der Waals surface area contributed by atoms with Gasteiger partial charge in [-0.1, -0.05) is 65.3 Å². The van der Waals surface area contributed by atoms with Gasteiger partial charge in [-0.15, -0.1) is 10.2 Å². The summed E-state index contributed by atoms with van der Waals surface area (Å²) in [6.45, 7) is 0. The maximum Gasteiger partial charge on any atom is 0.234 e. The molecule has 0 aliphatic rings. The monoisotopic (exact) mass is 498 g/mol. The van der Waals surface area contributed by atoms with Gasteiger partial charge < -0.3 is 10.1 Å². The molecule has 0 saturated heterocycles. The number of benzene rings is 3. The number of rotatable bonds is 8. The Morgan fingerprint density at radius 1 is 1.00 bits per heavy atom. The van der Waals surface area contributed by atoms with Gasteiger partial charge in [0.2, 0.25) is 5.91 Å². The van der Waals surface area contributed by atoms with Crippen molar-refractivity contribution in [1.82, 2.24) is 14.8 Å². The van der Waals surface area contributed by atoms with E-state index in [4.69, 9.17) is 27.9 Å². The number of amides is 1. The molecule has 0 aliphatic heterocycles. The van der Waals surface area contributed by atoms with Crippen molar-refractivity contribution in [2.45, 2.75) is 11.6 Å². The van der Waals surface area contributed by atoms with E-state index in [0.29, 0.717) is 27.3 Å². The highest BCUT2D eigenvalue weighted by Gasteiger charge is 2.17. The molecule has 3 aromatic carbocycles. The van der Waals surface area contributed by atoms with E-state index in [1.807, 2.05) is 59.2 Å². The molecule has 9 heteroatoms. The molecule has 0 unspecified atom stereocenters. The third kappa shape index (κ3) is 5.87. The second-order valence-electron chi connectivity index (χ2n) is 7.06. The average molecular weight is 499 g/mol. The summed E-state index contributed by atoms with van der Waals surface area (Å²) >= 11 is 13.3. The lowest BCUT2D eigenvalue weighted by molar-refractivity contribution is -0.113. The lowest BCUT2D eigenvalue weighted by Crippen LogP contribution is -2.14. The molecular weight excluding hydrogens is 479 g/mol. The standard InChI is InChI=1S/C24H20Cl2N4O2S/c1-32-19-10-8-18(9-11-19)30-22(13-16-5-3-2-4-6-16)28-29-24(30)33-15-23(31)27-17-7-12-20(25)21(26)14-17/h2-12,14H,13,15H2,1H3,(H,27,31). The van der Waals surface area contributed by atoms with E-state index in [0.717, 1.165) is 22.8 Å². The van der Waals surface area contributed by atoms with Crippen LogP contribution in [0, 0.1) is 0 Å². The minimum absolute atomic E-state index is 0.153. The zero-order chi connectivity index (χ0) is 23.2. The number of nitrogens with zero attached hydrogens (tertiary/aromatic N) is 3. The number of aromatic nitrogens is 3. The normalized spacial score (nSPS) is 10.8. The summed E-state index contributed by atoms with van der Waals surface area (Å²) < 4.78 is 7.24. The molecule has 1 aromatic heterocycles. The van der Waals surface area contributed by atoms with Gasteiger partial charge >= 0.3 is 0 Å². The SMILES string of the molecule is COc1ccc(-n2c(Cc3ccccc3)nnc2SCC(=O)Nc2ccc(Cl)c(Cl)c2)cc1.